The summed E-state index contributed by atoms with van der Waals surface area (Å²) in [6, 6.07) is 78.5. The minimum Gasteiger partial charge on any atom is -0.309 e. The number of fused-ring (bicyclic) bond motifs is 13. The minimum absolute atomic E-state index is 1.15. The van der Waals surface area contributed by atoms with E-state index in [1.807, 2.05) is 0 Å². The molecular weight excluding hydrogens is 739 g/mol. The molecule has 0 N–H and O–H groups in total. The number of rotatable bonds is 4. The van der Waals surface area contributed by atoms with Crippen molar-refractivity contribution < 1.29 is 0 Å². The van der Waals surface area contributed by atoms with Crippen molar-refractivity contribution in [2.75, 3.05) is 0 Å². The minimum atomic E-state index is 1.15. The summed E-state index contributed by atoms with van der Waals surface area (Å²) in [5, 5.41) is 12.7. The van der Waals surface area contributed by atoms with Gasteiger partial charge in [-0.2, -0.15) is 0 Å². The van der Waals surface area contributed by atoms with Crippen LogP contribution >= 0.6 is 0 Å². The summed E-state index contributed by atoms with van der Waals surface area (Å²) in [4.78, 5) is 0. The Morgan fingerprint density at radius 1 is 0.246 bits per heavy atom. The molecule has 4 aromatic heterocycles. The van der Waals surface area contributed by atoms with E-state index in [1.54, 1.807) is 0 Å². The maximum atomic E-state index is 2.44. The standard InChI is InChI=1S/C58H35N3/c1-2-14-42-37(12-1)13-11-23-51(42)60-53-20-8-4-16-44(53)48-33-39(27-31-57(48)60)38-26-30-56-47(32-38)43-15-3-7-19-52(43)59(56)41-28-24-36(25-29-41)40-34-49-45-17-5-9-21-54(45)61-55-22-10-6-18-46(55)50(35-40)58(49)61/h1-35H. The Balaban J connectivity index is 0.894. The number of hydrogen-bond acceptors (Lipinski definition) is 0. The van der Waals surface area contributed by atoms with E-state index in [0.717, 1.165) is 5.69 Å². The lowest BCUT2D eigenvalue weighted by molar-refractivity contribution is 1.18. The summed E-state index contributed by atoms with van der Waals surface area (Å²) in [7, 11) is 0. The summed E-state index contributed by atoms with van der Waals surface area (Å²) in [5.74, 6) is 0. The third-order valence-electron chi connectivity index (χ3n) is 13.3. The molecule has 0 spiro atoms. The van der Waals surface area contributed by atoms with Crippen LogP contribution in [0.4, 0.5) is 0 Å². The Morgan fingerprint density at radius 2 is 0.672 bits per heavy atom. The molecule has 61 heavy (non-hydrogen) atoms. The van der Waals surface area contributed by atoms with Crippen LogP contribution in [0.25, 0.3) is 126 Å². The highest BCUT2D eigenvalue weighted by atomic mass is 15.0. The highest BCUT2D eigenvalue weighted by Gasteiger charge is 2.20. The summed E-state index contributed by atoms with van der Waals surface area (Å²) >= 11 is 0. The Morgan fingerprint density at radius 3 is 1.28 bits per heavy atom. The van der Waals surface area contributed by atoms with E-state index < -0.39 is 0 Å². The molecule has 0 amide bonds. The van der Waals surface area contributed by atoms with Gasteiger partial charge in [-0.15, -0.1) is 0 Å². The normalized spacial score (nSPS) is 12.3. The molecule has 0 atom stereocenters. The second kappa shape index (κ2) is 12.2. The van der Waals surface area contributed by atoms with Gasteiger partial charge in [0.1, 0.15) is 0 Å². The Bertz CT molecular complexity index is 4010. The first-order valence-corrected chi connectivity index (χ1v) is 21.1. The molecule has 10 aromatic carbocycles. The van der Waals surface area contributed by atoms with Crippen molar-refractivity contribution in [2.24, 2.45) is 0 Å². The van der Waals surface area contributed by atoms with Crippen molar-refractivity contribution in [1.29, 1.82) is 0 Å². The van der Waals surface area contributed by atoms with Gasteiger partial charge in [0.25, 0.3) is 0 Å². The van der Waals surface area contributed by atoms with Crippen molar-refractivity contribution in [3.8, 4) is 33.6 Å². The van der Waals surface area contributed by atoms with Crippen LogP contribution in [0.1, 0.15) is 0 Å². The molecule has 0 unspecified atom stereocenters. The molecular formula is C58H35N3. The van der Waals surface area contributed by atoms with Crippen LogP contribution in [-0.2, 0) is 0 Å². The maximum Gasteiger partial charge on any atom is 0.0620 e. The molecule has 4 heterocycles. The summed E-state index contributed by atoms with van der Waals surface area (Å²) in [6.07, 6.45) is 0. The van der Waals surface area contributed by atoms with Gasteiger partial charge in [-0.1, -0.05) is 133 Å². The third-order valence-corrected chi connectivity index (χ3v) is 13.3. The smallest absolute Gasteiger partial charge is 0.0620 e. The number of aromatic nitrogens is 3. The van der Waals surface area contributed by atoms with Crippen LogP contribution < -0.4 is 0 Å². The molecule has 0 aliphatic carbocycles. The van der Waals surface area contributed by atoms with Crippen molar-refractivity contribution in [3.05, 3.63) is 212 Å². The number of para-hydroxylation sites is 4. The Kier molecular flexibility index (Phi) is 6.56. The quantitative estimate of drug-likeness (QED) is 0.169. The van der Waals surface area contributed by atoms with Gasteiger partial charge in [0, 0.05) is 54.2 Å². The molecule has 0 aliphatic heterocycles. The number of hydrogen-bond donors (Lipinski definition) is 0. The third kappa shape index (κ3) is 4.52. The van der Waals surface area contributed by atoms with Crippen LogP contribution in [0.5, 0.6) is 0 Å². The number of nitrogens with zero attached hydrogens (tertiary/aromatic N) is 3. The summed E-state index contributed by atoms with van der Waals surface area (Å²) in [5.41, 5.74) is 15.9. The van der Waals surface area contributed by atoms with Gasteiger partial charge < -0.3 is 13.5 Å². The van der Waals surface area contributed by atoms with Gasteiger partial charge in [0.2, 0.25) is 0 Å². The fourth-order valence-electron chi connectivity index (χ4n) is 10.7. The molecule has 14 aromatic rings. The highest BCUT2D eigenvalue weighted by Crippen LogP contribution is 2.43. The summed E-state index contributed by atoms with van der Waals surface area (Å²) in [6.45, 7) is 0. The molecule has 3 heteroatoms. The van der Waals surface area contributed by atoms with Gasteiger partial charge >= 0.3 is 0 Å². The largest absolute Gasteiger partial charge is 0.309 e. The molecule has 3 nitrogen and oxygen atoms in total. The zero-order valence-electron chi connectivity index (χ0n) is 33.0. The van der Waals surface area contributed by atoms with Gasteiger partial charge in [-0.3, -0.25) is 0 Å². The van der Waals surface area contributed by atoms with Crippen molar-refractivity contribution in [1.82, 2.24) is 13.5 Å². The Labute approximate surface area is 350 Å². The topological polar surface area (TPSA) is 14.3 Å². The van der Waals surface area contributed by atoms with E-state index in [-0.39, 0.29) is 0 Å². The monoisotopic (exact) mass is 773 g/mol. The van der Waals surface area contributed by atoms with E-state index in [9.17, 15) is 0 Å². The highest BCUT2D eigenvalue weighted by molar-refractivity contribution is 6.24. The second-order valence-electron chi connectivity index (χ2n) is 16.5. The van der Waals surface area contributed by atoms with Gasteiger partial charge in [-0.05, 0) is 107 Å². The van der Waals surface area contributed by atoms with E-state index in [4.69, 9.17) is 0 Å². The lowest BCUT2D eigenvalue weighted by Gasteiger charge is -2.12. The predicted octanol–water partition coefficient (Wildman–Crippen LogP) is 15.5. The van der Waals surface area contributed by atoms with Crippen molar-refractivity contribution in [3.63, 3.8) is 0 Å². The fraction of sp³-hybridized carbons (Fsp3) is 0. The van der Waals surface area contributed by atoms with Crippen molar-refractivity contribution >= 4 is 92.5 Å². The van der Waals surface area contributed by atoms with E-state index in [2.05, 4.69) is 226 Å². The first kappa shape index (κ1) is 32.8. The molecule has 0 fully saturated rings. The molecule has 282 valence electrons. The molecule has 14 rings (SSSR count). The SMILES string of the molecule is c1ccc2c(-n3c4ccccc4c4cc(-c5ccc6c(c5)c5ccccc5n6-c5ccc(-c6cc7c8ccccc8n8c9ccccc9c(c6)c78)cc5)ccc43)cccc2c1. The van der Waals surface area contributed by atoms with Crippen LogP contribution in [-0.4, -0.2) is 13.5 Å². The van der Waals surface area contributed by atoms with Crippen LogP contribution in [0, 0.1) is 0 Å². The van der Waals surface area contributed by atoms with Crippen LogP contribution in [0.15, 0.2) is 212 Å². The number of benzene rings is 10. The molecule has 0 saturated heterocycles. The van der Waals surface area contributed by atoms with Gasteiger partial charge in [-0.25, -0.2) is 0 Å². The van der Waals surface area contributed by atoms with E-state index >= 15 is 0 Å². The lowest BCUT2D eigenvalue weighted by atomic mass is 9.99. The van der Waals surface area contributed by atoms with Crippen LogP contribution in [0.3, 0.4) is 0 Å². The molecule has 0 bridgehead atoms. The fourth-order valence-corrected chi connectivity index (χ4v) is 10.7. The average Bonchev–Trinajstić information content (AvgIpc) is 4.05. The molecule has 0 radical (unpaired) electrons. The van der Waals surface area contributed by atoms with Gasteiger partial charge in [0.15, 0.2) is 0 Å². The molecule has 0 saturated carbocycles. The van der Waals surface area contributed by atoms with Crippen LogP contribution in [0.2, 0.25) is 0 Å². The Hall–Kier alpha value is -8.14. The molecule has 0 aliphatic rings. The first-order chi connectivity index (χ1) is 30.3. The first-order valence-electron chi connectivity index (χ1n) is 21.1. The summed E-state index contributed by atoms with van der Waals surface area (Å²) < 4.78 is 7.30. The van der Waals surface area contributed by atoms with Crippen molar-refractivity contribution in [2.45, 2.75) is 0 Å². The second-order valence-corrected chi connectivity index (χ2v) is 16.5. The zero-order valence-corrected chi connectivity index (χ0v) is 33.0. The lowest BCUT2D eigenvalue weighted by Crippen LogP contribution is -1.95. The maximum absolute atomic E-state index is 2.44. The zero-order chi connectivity index (χ0) is 39.8. The van der Waals surface area contributed by atoms with Gasteiger partial charge in [0.05, 0.1) is 44.3 Å². The van der Waals surface area contributed by atoms with E-state index in [0.29, 0.717) is 0 Å². The van der Waals surface area contributed by atoms with E-state index in [1.165, 1.54) is 120 Å². The predicted molar refractivity (Wildman–Crippen MR) is 258 cm³/mol. The average molecular weight is 774 g/mol.